The van der Waals surface area contributed by atoms with Gasteiger partial charge < -0.3 is 15.5 Å². The van der Waals surface area contributed by atoms with E-state index in [1.165, 1.54) is 44.1 Å². The first kappa shape index (κ1) is 18.2. The van der Waals surface area contributed by atoms with E-state index in [1.807, 2.05) is 24.4 Å². The minimum absolute atomic E-state index is 0.155. The zero-order valence-corrected chi connectivity index (χ0v) is 16.7. The zero-order chi connectivity index (χ0) is 19.3. The number of carbonyl (C=O) groups excluding carboxylic acids is 1. The molecular weight excluding hydrogens is 350 g/mol. The number of ether oxygens (including phenoxy) is 1. The highest BCUT2D eigenvalue weighted by Gasteiger charge is 2.56. The molecule has 1 aliphatic heterocycles. The second-order valence-corrected chi connectivity index (χ2v) is 9.47. The lowest BCUT2D eigenvalue weighted by Crippen LogP contribution is -2.62. The summed E-state index contributed by atoms with van der Waals surface area (Å²) in [7, 11) is 2.05. The number of likely N-dealkylation sites (N-methyl/N-ethyl adjacent to an activating group) is 1. The quantitative estimate of drug-likeness (QED) is 0.823. The van der Waals surface area contributed by atoms with E-state index < -0.39 is 0 Å². The molecule has 4 bridgehead atoms. The predicted molar refractivity (Wildman–Crippen MR) is 108 cm³/mol. The first-order valence-electron chi connectivity index (χ1n) is 10.7. The number of hydrogen-bond donors (Lipinski definition) is 1. The number of rotatable bonds is 6. The molecule has 1 atom stereocenters. The maximum atomic E-state index is 12.2. The summed E-state index contributed by atoms with van der Waals surface area (Å²) in [6, 6.07) is 10.3. The standard InChI is InChI=1S/C23H31N3O2/c1-25-22(28-8-7-16-5-3-2-4-6-16)20(21(24)27)15-26(25)23-12-17-9-18(13-23)11-19(10-17)14-23/h2-6,15,17-19,22H,7-14H2,1H3,(H2,24,27). The van der Waals surface area contributed by atoms with E-state index in [0.29, 0.717) is 12.2 Å². The average molecular weight is 382 g/mol. The van der Waals surface area contributed by atoms with Crippen LogP contribution in [0, 0.1) is 17.8 Å². The molecule has 1 aromatic rings. The van der Waals surface area contributed by atoms with Crippen molar-refractivity contribution in [2.24, 2.45) is 23.5 Å². The SMILES string of the molecule is CN1C(OCCc2ccccc2)C(C(N)=O)=CN1C12CC3CC(CC(C3)C1)C2. The average Bonchev–Trinajstić information content (AvgIpc) is 2.99. The van der Waals surface area contributed by atoms with Gasteiger partial charge >= 0.3 is 0 Å². The van der Waals surface area contributed by atoms with Gasteiger partial charge in [-0.25, -0.2) is 0 Å². The van der Waals surface area contributed by atoms with Gasteiger partial charge in [0.05, 0.1) is 17.7 Å². The van der Waals surface area contributed by atoms with Crippen molar-refractivity contribution in [1.29, 1.82) is 0 Å². The van der Waals surface area contributed by atoms with Crippen molar-refractivity contribution in [3.05, 3.63) is 47.7 Å². The number of amides is 1. The van der Waals surface area contributed by atoms with Gasteiger partial charge in [-0.05, 0) is 68.3 Å². The van der Waals surface area contributed by atoms with Gasteiger partial charge in [0.15, 0.2) is 6.23 Å². The van der Waals surface area contributed by atoms with E-state index in [2.05, 4.69) is 29.2 Å². The molecule has 4 fully saturated rings. The number of hydrazine groups is 1. The molecule has 0 spiro atoms. The van der Waals surface area contributed by atoms with Crippen LogP contribution in [-0.2, 0) is 16.0 Å². The second-order valence-electron chi connectivity index (χ2n) is 9.47. The summed E-state index contributed by atoms with van der Waals surface area (Å²) in [4.78, 5) is 12.2. The van der Waals surface area contributed by atoms with Crippen LogP contribution in [0.5, 0.6) is 0 Å². The molecule has 2 N–H and O–H groups in total. The minimum atomic E-state index is -0.380. The lowest BCUT2D eigenvalue weighted by Gasteiger charge is -2.61. The Morgan fingerprint density at radius 1 is 1.11 bits per heavy atom. The van der Waals surface area contributed by atoms with Crippen molar-refractivity contribution in [2.45, 2.75) is 56.7 Å². The van der Waals surface area contributed by atoms with Crippen LogP contribution in [0.4, 0.5) is 0 Å². The van der Waals surface area contributed by atoms with E-state index in [4.69, 9.17) is 10.5 Å². The fraction of sp³-hybridized carbons (Fsp3) is 0.609. The number of carbonyl (C=O) groups is 1. The third-order valence-electron chi connectivity index (χ3n) is 7.49. The molecule has 28 heavy (non-hydrogen) atoms. The molecule has 5 aliphatic rings. The third-order valence-corrected chi connectivity index (χ3v) is 7.49. The Balaban J connectivity index is 1.33. The van der Waals surface area contributed by atoms with E-state index in [1.54, 1.807) is 0 Å². The molecular formula is C23H31N3O2. The summed E-state index contributed by atoms with van der Waals surface area (Å²) >= 11 is 0. The molecule has 4 aliphatic carbocycles. The zero-order valence-electron chi connectivity index (χ0n) is 16.7. The second kappa shape index (κ2) is 6.89. The van der Waals surface area contributed by atoms with Gasteiger partial charge in [-0.2, -0.15) is 5.01 Å². The van der Waals surface area contributed by atoms with E-state index in [9.17, 15) is 4.79 Å². The van der Waals surface area contributed by atoms with Crippen molar-refractivity contribution in [1.82, 2.24) is 10.0 Å². The summed E-state index contributed by atoms with van der Waals surface area (Å²) in [6.07, 6.45) is 10.4. The first-order chi connectivity index (χ1) is 13.5. The summed E-state index contributed by atoms with van der Waals surface area (Å²) in [5.41, 5.74) is 7.73. The van der Waals surface area contributed by atoms with Crippen LogP contribution in [0.1, 0.15) is 44.1 Å². The number of nitrogens with zero attached hydrogens (tertiary/aromatic N) is 2. The molecule has 5 heteroatoms. The fourth-order valence-electron chi connectivity index (χ4n) is 6.73. The van der Waals surface area contributed by atoms with Crippen LogP contribution in [0.2, 0.25) is 0 Å². The molecule has 4 saturated carbocycles. The van der Waals surface area contributed by atoms with Crippen molar-refractivity contribution >= 4 is 5.91 Å². The molecule has 0 radical (unpaired) electrons. The fourth-order valence-corrected chi connectivity index (χ4v) is 6.73. The number of nitrogens with two attached hydrogens (primary N) is 1. The molecule has 6 rings (SSSR count). The highest BCUT2D eigenvalue weighted by atomic mass is 16.5. The minimum Gasteiger partial charge on any atom is -0.366 e. The summed E-state index contributed by atoms with van der Waals surface area (Å²) < 4.78 is 6.20. The van der Waals surface area contributed by atoms with Crippen molar-refractivity contribution < 1.29 is 9.53 Å². The van der Waals surface area contributed by atoms with Gasteiger partial charge in [0.1, 0.15) is 0 Å². The summed E-state index contributed by atoms with van der Waals surface area (Å²) in [5, 5.41) is 4.48. The normalized spacial score (nSPS) is 36.8. The van der Waals surface area contributed by atoms with E-state index in [-0.39, 0.29) is 17.7 Å². The number of benzene rings is 1. The van der Waals surface area contributed by atoms with Crippen LogP contribution in [-0.4, -0.2) is 41.3 Å². The Hall–Kier alpha value is -1.85. The van der Waals surface area contributed by atoms with Crippen LogP contribution in [0.25, 0.3) is 0 Å². The van der Waals surface area contributed by atoms with Crippen LogP contribution in [0.15, 0.2) is 42.1 Å². The van der Waals surface area contributed by atoms with Gasteiger partial charge in [-0.15, -0.1) is 0 Å². The van der Waals surface area contributed by atoms with Crippen molar-refractivity contribution in [2.75, 3.05) is 13.7 Å². The van der Waals surface area contributed by atoms with Crippen molar-refractivity contribution in [3.8, 4) is 0 Å². The maximum absolute atomic E-state index is 12.2. The topological polar surface area (TPSA) is 58.8 Å². The Morgan fingerprint density at radius 3 is 2.29 bits per heavy atom. The van der Waals surface area contributed by atoms with Gasteiger partial charge in [0, 0.05) is 13.2 Å². The van der Waals surface area contributed by atoms with Gasteiger partial charge in [0.2, 0.25) is 5.91 Å². The highest BCUT2D eigenvalue weighted by molar-refractivity contribution is 5.93. The Morgan fingerprint density at radius 2 is 1.71 bits per heavy atom. The van der Waals surface area contributed by atoms with Gasteiger partial charge in [-0.3, -0.25) is 4.79 Å². The summed E-state index contributed by atoms with van der Waals surface area (Å²) in [6.45, 7) is 0.568. The molecule has 1 unspecified atom stereocenters. The largest absolute Gasteiger partial charge is 0.366 e. The lowest BCUT2D eigenvalue weighted by molar-refractivity contribution is -0.180. The van der Waals surface area contributed by atoms with Crippen LogP contribution < -0.4 is 5.73 Å². The Labute approximate surface area is 167 Å². The Kier molecular flexibility index (Phi) is 4.48. The molecule has 1 aromatic carbocycles. The van der Waals surface area contributed by atoms with Gasteiger partial charge in [0.25, 0.3) is 0 Å². The summed E-state index contributed by atoms with van der Waals surface area (Å²) in [5.74, 6) is 2.18. The molecule has 1 heterocycles. The molecule has 5 nitrogen and oxygen atoms in total. The molecule has 150 valence electrons. The predicted octanol–water partition coefficient (Wildman–Crippen LogP) is 3.07. The van der Waals surface area contributed by atoms with Crippen LogP contribution >= 0.6 is 0 Å². The maximum Gasteiger partial charge on any atom is 0.250 e. The molecule has 0 aromatic heterocycles. The van der Waals surface area contributed by atoms with E-state index in [0.717, 1.165) is 24.2 Å². The molecule has 0 saturated heterocycles. The monoisotopic (exact) mass is 381 g/mol. The smallest absolute Gasteiger partial charge is 0.250 e. The van der Waals surface area contributed by atoms with Gasteiger partial charge in [-0.1, -0.05) is 30.3 Å². The first-order valence-corrected chi connectivity index (χ1v) is 10.7. The molecule has 1 amide bonds. The number of primary amides is 1. The highest BCUT2D eigenvalue weighted by Crippen LogP contribution is 2.58. The van der Waals surface area contributed by atoms with E-state index >= 15 is 0 Å². The number of hydrogen-bond acceptors (Lipinski definition) is 4. The third kappa shape index (κ3) is 3.05. The Bertz CT molecular complexity index is 740. The van der Waals surface area contributed by atoms with Crippen molar-refractivity contribution in [3.63, 3.8) is 0 Å². The lowest BCUT2D eigenvalue weighted by atomic mass is 9.53. The van der Waals surface area contributed by atoms with Crippen LogP contribution in [0.3, 0.4) is 0 Å².